The Kier molecular flexibility index (Phi) is 4.24. The summed E-state index contributed by atoms with van der Waals surface area (Å²) in [6.07, 6.45) is -0.485. The van der Waals surface area contributed by atoms with Gasteiger partial charge >= 0.3 is 5.97 Å². The quantitative estimate of drug-likeness (QED) is 0.890. The van der Waals surface area contributed by atoms with Crippen LogP contribution < -0.4 is 4.74 Å². The van der Waals surface area contributed by atoms with Gasteiger partial charge in [-0.3, -0.25) is 4.79 Å². The Bertz CT molecular complexity index is 345. The minimum Gasteiger partial charge on any atom is -0.490 e. The molecule has 0 aliphatic rings. The molecule has 0 heterocycles. The van der Waals surface area contributed by atoms with Crippen molar-refractivity contribution in [3.05, 3.63) is 28.2 Å². The smallest absolute Gasteiger partial charge is 0.307 e. The maximum atomic E-state index is 10.4. The van der Waals surface area contributed by atoms with Gasteiger partial charge in [-0.05, 0) is 25.1 Å². The van der Waals surface area contributed by atoms with Crippen LogP contribution >= 0.6 is 23.2 Å². The fourth-order valence-corrected chi connectivity index (χ4v) is 1.62. The normalized spacial score (nSPS) is 12.2. The molecule has 0 bridgehead atoms. The second kappa shape index (κ2) is 5.24. The van der Waals surface area contributed by atoms with Crippen LogP contribution in [0, 0.1) is 0 Å². The predicted molar refractivity (Wildman–Crippen MR) is 58.8 cm³/mol. The lowest BCUT2D eigenvalue weighted by atomic mass is 10.3. The van der Waals surface area contributed by atoms with Crippen molar-refractivity contribution in [1.29, 1.82) is 0 Å². The first kappa shape index (κ1) is 12.1. The molecule has 1 aromatic carbocycles. The molecule has 0 radical (unpaired) electrons. The fraction of sp³-hybridized carbons (Fsp3) is 0.300. The number of hydrogen-bond donors (Lipinski definition) is 1. The summed E-state index contributed by atoms with van der Waals surface area (Å²) in [6.45, 7) is 1.67. The molecule has 0 aliphatic carbocycles. The van der Waals surface area contributed by atoms with Crippen LogP contribution in [0.15, 0.2) is 18.2 Å². The number of halogens is 2. The van der Waals surface area contributed by atoms with Crippen molar-refractivity contribution < 1.29 is 14.6 Å². The van der Waals surface area contributed by atoms with Crippen LogP contribution in [0.4, 0.5) is 0 Å². The molecule has 3 nitrogen and oxygen atoms in total. The van der Waals surface area contributed by atoms with Gasteiger partial charge < -0.3 is 9.84 Å². The van der Waals surface area contributed by atoms with Gasteiger partial charge in [-0.2, -0.15) is 0 Å². The lowest BCUT2D eigenvalue weighted by molar-refractivity contribution is -0.138. The van der Waals surface area contributed by atoms with Crippen molar-refractivity contribution in [3.8, 4) is 5.75 Å². The van der Waals surface area contributed by atoms with Gasteiger partial charge in [0.2, 0.25) is 0 Å². The first-order chi connectivity index (χ1) is 6.97. The van der Waals surface area contributed by atoms with Gasteiger partial charge in [0.15, 0.2) is 0 Å². The van der Waals surface area contributed by atoms with Crippen LogP contribution in [0.3, 0.4) is 0 Å². The maximum Gasteiger partial charge on any atom is 0.307 e. The lowest BCUT2D eigenvalue weighted by Crippen LogP contribution is -2.16. The number of rotatable bonds is 4. The van der Waals surface area contributed by atoms with Gasteiger partial charge in [-0.25, -0.2) is 0 Å². The predicted octanol–water partition coefficient (Wildman–Crippen LogP) is 3.24. The van der Waals surface area contributed by atoms with Crippen molar-refractivity contribution in [2.45, 2.75) is 19.4 Å². The van der Waals surface area contributed by atoms with Crippen LogP contribution in [-0.4, -0.2) is 17.2 Å². The van der Waals surface area contributed by atoms with E-state index in [9.17, 15) is 4.79 Å². The summed E-state index contributed by atoms with van der Waals surface area (Å²) in [5.74, 6) is -0.433. The van der Waals surface area contributed by atoms with Gasteiger partial charge in [0.25, 0.3) is 0 Å². The lowest BCUT2D eigenvalue weighted by Gasteiger charge is -2.12. The third-order valence-electron chi connectivity index (χ3n) is 1.64. The number of carboxylic acids is 1. The molecule has 1 atom stereocenters. The summed E-state index contributed by atoms with van der Waals surface area (Å²) in [4.78, 5) is 10.4. The molecule has 82 valence electrons. The minimum atomic E-state index is -0.907. The van der Waals surface area contributed by atoms with E-state index in [1.54, 1.807) is 25.1 Å². The van der Waals surface area contributed by atoms with Gasteiger partial charge in [0, 0.05) is 10.0 Å². The molecular formula is C10H10Cl2O3. The SMILES string of the molecule is CC(CC(=O)O)Oc1cc(Cl)cc(Cl)c1. The number of hydrogen-bond acceptors (Lipinski definition) is 2. The van der Waals surface area contributed by atoms with Crippen molar-refractivity contribution in [1.82, 2.24) is 0 Å². The van der Waals surface area contributed by atoms with E-state index in [4.69, 9.17) is 33.0 Å². The zero-order valence-corrected chi connectivity index (χ0v) is 9.55. The zero-order chi connectivity index (χ0) is 11.4. The molecule has 1 N–H and O–H groups in total. The summed E-state index contributed by atoms with van der Waals surface area (Å²) in [5, 5.41) is 9.46. The molecule has 0 aromatic heterocycles. The van der Waals surface area contributed by atoms with E-state index in [2.05, 4.69) is 0 Å². The molecule has 5 heteroatoms. The highest BCUT2D eigenvalue weighted by Gasteiger charge is 2.09. The highest BCUT2D eigenvalue weighted by atomic mass is 35.5. The Morgan fingerprint density at radius 3 is 2.40 bits per heavy atom. The first-order valence-corrected chi connectivity index (χ1v) is 5.07. The van der Waals surface area contributed by atoms with Crippen LogP contribution in [0.5, 0.6) is 5.75 Å². The molecule has 0 amide bonds. The summed E-state index contributed by atoms with van der Waals surface area (Å²) < 4.78 is 5.34. The maximum absolute atomic E-state index is 10.4. The van der Waals surface area contributed by atoms with E-state index in [0.29, 0.717) is 15.8 Å². The summed E-state index contributed by atoms with van der Waals surface area (Å²) in [5.41, 5.74) is 0. The zero-order valence-electron chi connectivity index (χ0n) is 8.04. The van der Waals surface area contributed by atoms with Gasteiger partial charge in [0.1, 0.15) is 11.9 Å². The Hall–Kier alpha value is -0.930. The third kappa shape index (κ3) is 4.40. The Morgan fingerprint density at radius 1 is 1.40 bits per heavy atom. The molecule has 0 saturated heterocycles. The number of carbonyl (C=O) groups is 1. The molecule has 1 rings (SSSR count). The number of carboxylic acid groups (broad SMARTS) is 1. The molecule has 0 fully saturated rings. The molecule has 1 unspecified atom stereocenters. The van der Waals surface area contributed by atoms with Crippen LogP contribution in [-0.2, 0) is 4.79 Å². The van der Waals surface area contributed by atoms with E-state index in [-0.39, 0.29) is 6.42 Å². The van der Waals surface area contributed by atoms with E-state index < -0.39 is 12.1 Å². The average Bonchev–Trinajstić information content (AvgIpc) is 1.98. The Labute approximate surface area is 97.6 Å². The first-order valence-electron chi connectivity index (χ1n) is 4.32. The summed E-state index contributed by atoms with van der Waals surface area (Å²) >= 11 is 11.5. The molecule has 15 heavy (non-hydrogen) atoms. The summed E-state index contributed by atoms with van der Waals surface area (Å²) in [6, 6.07) is 4.76. The van der Waals surface area contributed by atoms with Crippen LogP contribution in [0.2, 0.25) is 10.0 Å². The van der Waals surface area contributed by atoms with Crippen molar-refractivity contribution in [3.63, 3.8) is 0 Å². The highest BCUT2D eigenvalue weighted by Crippen LogP contribution is 2.25. The molecule has 1 aromatic rings. The molecule has 0 spiro atoms. The average molecular weight is 249 g/mol. The number of ether oxygens (including phenoxy) is 1. The van der Waals surface area contributed by atoms with Crippen molar-refractivity contribution in [2.24, 2.45) is 0 Å². The van der Waals surface area contributed by atoms with Gasteiger partial charge in [0.05, 0.1) is 6.42 Å². The van der Waals surface area contributed by atoms with E-state index in [1.165, 1.54) is 0 Å². The minimum absolute atomic E-state index is 0.0653. The van der Waals surface area contributed by atoms with Crippen molar-refractivity contribution in [2.75, 3.05) is 0 Å². The van der Waals surface area contributed by atoms with Crippen molar-refractivity contribution >= 4 is 29.2 Å². The monoisotopic (exact) mass is 248 g/mol. The van der Waals surface area contributed by atoms with E-state index in [0.717, 1.165) is 0 Å². The summed E-state index contributed by atoms with van der Waals surface area (Å²) in [7, 11) is 0. The largest absolute Gasteiger partial charge is 0.490 e. The van der Waals surface area contributed by atoms with E-state index >= 15 is 0 Å². The third-order valence-corrected chi connectivity index (χ3v) is 2.07. The number of aliphatic carboxylic acids is 1. The topological polar surface area (TPSA) is 46.5 Å². The standard InChI is InChI=1S/C10H10Cl2O3/c1-6(2-10(13)14)15-9-4-7(11)3-8(12)5-9/h3-6H,2H2,1H3,(H,13,14). The van der Waals surface area contributed by atoms with Crippen LogP contribution in [0.25, 0.3) is 0 Å². The molecular weight excluding hydrogens is 239 g/mol. The van der Waals surface area contributed by atoms with Gasteiger partial charge in [-0.1, -0.05) is 23.2 Å². The van der Waals surface area contributed by atoms with Crippen LogP contribution in [0.1, 0.15) is 13.3 Å². The second-order valence-corrected chi connectivity index (χ2v) is 4.00. The highest BCUT2D eigenvalue weighted by molar-refractivity contribution is 6.34. The van der Waals surface area contributed by atoms with Gasteiger partial charge in [-0.15, -0.1) is 0 Å². The Morgan fingerprint density at radius 2 is 1.93 bits per heavy atom. The molecule has 0 saturated carbocycles. The number of benzene rings is 1. The molecule has 0 aliphatic heterocycles. The van der Waals surface area contributed by atoms with E-state index in [1.807, 2.05) is 0 Å². The Balaban J connectivity index is 2.67. The second-order valence-electron chi connectivity index (χ2n) is 3.13. The fourth-order valence-electron chi connectivity index (χ4n) is 1.12.